The number of nitrogens with one attached hydrogen (secondary N) is 1. The van der Waals surface area contributed by atoms with E-state index in [1.54, 1.807) is 6.07 Å². The molecule has 0 aliphatic heterocycles. The Bertz CT molecular complexity index is 612. The Balaban J connectivity index is 2.15. The molecule has 4 nitrogen and oxygen atoms in total. The maximum absolute atomic E-state index is 10.8. The van der Waals surface area contributed by atoms with Crippen LogP contribution in [0.2, 0.25) is 5.02 Å². The zero-order valence-corrected chi connectivity index (χ0v) is 12.9. The van der Waals surface area contributed by atoms with Crippen LogP contribution in [-0.4, -0.2) is 11.1 Å². The third-order valence-corrected chi connectivity index (χ3v) is 3.55. The molecule has 1 aromatic heterocycles. The molecule has 1 unspecified atom stereocenters. The number of carbonyl (C=O) groups is 1. The molecule has 0 saturated heterocycles. The van der Waals surface area contributed by atoms with Crippen molar-refractivity contribution in [3.05, 3.63) is 50.4 Å². The normalized spacial score (nSPS) is 12.2. The molecule has 0 fully saturated rings. The first-order chi connectivity index (χ1) is 8.97. The van der Waals surface area contributed by atoms with Crippen molar-refractivity contribution in [3.63, 3.8) is 0 Å². The minimum atomic E-state index is -1.08. The van der Waals surface area contributed by atoms with Gasteiger partial charge in [0.2, 0.25) is 5.76 Å². The summed E-state index contributed by atoms with van der Waals surface area (Å²) >= 11 is 8.31. The average Bonchev–Trinajstić information content (AvgIpc) is 2.82. The molecule has 0 aliphatic rings. The van der Waals surface area contributed by atoms with Crippen molar-refractivity contribution in [1.29, 1.82) is 0 Å². The molecule has 0 saturated carbocycles. The molecule has 1 aromatic carbocycles. The summed E-state index contributed by atoms with van der Waals surface area (Å²) in [6.45, 7) is 1.87. The Labute approximate surface area is 128 Å². The van der Waals surface area contributed by atoms with Gasteiger partial charge in [-0.25, -0.2) is 4.79 Å². The lowest BCUT2D eigenvalue weighted by molar-refractivity contribution is 0.0660. The van der Waals surface area contributed by atoms with Gasteiger partial charge in [-0.05, 0) is 59.8 Å². The van der Waals surface area contributed by atoms with Gasteiger partial charge in [-0.15, -0.1) is 0 Å². The standard InChI is InChI=1S/C13H11ClINO3/c1-7(11-4-5-12(19-11)13(17)18)16-10-3-2-8(15)6-9(10)14/h2-7,16H,1H3,(H,17,18). The van der Waals surface area contributed by atoms with Gasteiger partial charge in [-0.2, -0.15) is 0 Å². The Morgan fingerprint density at radius 3 is 2.74 bits per heavy atom. The molecule has 1 atom stereocenters. The zero-order valence-electron chi connectivity index (χ0n) is 9.98. The van der Waals surface area contributed by atoms with E-state index in [4.69, 9.17) is 21.1 Å². The van der Waals surface area contributed by atoms with Crippen molar-refractivity contribution in [3.8, 4) is 0 Å². The Morgan fingerprint density at radius 1 is 1.42 bits per heavy atom. The van der Waals surface area contributed by atoms with Crippen LogP contribution in [0.5, 0.6) is 0 Å². The van der Waals surface area contributed by atoms with Gasteiger partial charge in [0.25, 0.3) is 0 Å². The number of anilines is 1. The smallest absolute Gasteiger partial charge is 0.371 e. The van der Waals surface area contributed by atoms with Crippen LogP contribution in [-0.2, 0) is 0 Å². The van der Waals surface area contributed by atoms with Crippen LogP contribution in [0.1, 0.15) is 29.3 Å². The molecule has 19 heavy (non-hydrogen) atoms. The number of rotatable bonds is 4. The van der Waals surface area contributed by atoms with E-state index in [1.165, 1.54) is 6.07 Å². The molecule has 0 amide bonds. The summed E-state index contributed by atoms with van der Waals surface area (Å²) in [7, 11) is 0. The van der Waals surface area contributed by atoms with Crippen LogP contribution in [0.4, 0.5) is 5.69 Å². The highest BCUT2D eigenvalue weighted by molar-refractivity contribution is 14.1. The second-order valence-electron chi connectivity index (χ2n) is 4.00. The molecule has 0 radical (unpaired) electrons. The molecule has 0 spiro atoms. The second-order valence-corrected chi connectivity index (χ2v) is 5.65. The average molecular weight is 392 g/mol. The van der Waals surface area contributed by atoms with Crippen molar-refractivity contribution >= 4 is 45.8 Å². The van der Waals surface area contributed by atoms with Gasteiger partial charge < -0.3 is 14.8 Å². The molecule has 1 heterocycles. The highest BCUT2D eigenvalue weighted by Gasteiger charge is 2.15. The molecule has 0 bridgehead atoms. The summed E-state index contributed by atoms with van der Waals surface area (Å²) in [5, 5.41) is 12.6. The third-order valence-electron chi connectivity index (χ3n) is 2.57. The number of furan rings is 1. The number of benzene rings is 1. The van der Waals surface area contributed by atoms with E-state index >= 15 is 0 Å². The zero-order chi connectivity index (χ0) is 14.0. The number of hydrogen-bond donors (Lipinski definition) is 2. The molecule has 2 N–H and O–H groups in total. The minimum absolute atomic E-state index is 0.0719. The van der Waals surface area contributed by atoms with Crippen LogP contribution in [0.3, 0.4) is 0 Å². The van der Waals surface area contributed by atoms with Gasteiger partial charge in [0.05, 0.1) is 16.8 Å². The number of halogens is 2. The molecular formula is C13H11ClINO3. The highest BCUT2D eigenvalue weighted by atomic mass is 127. The number of aromatic carboxylic acids is 1. The van der Waals surface area contributed by atoms with Crippen molar-refractivity contribution in [2.75, 3.05) is 5.32 Å². The van der Waals surface area contributed by atoms with Crippen LogP contribution >= 0.6 is 34.2 Å². The van der Waals surface area contributed by atoms with Crippen LogP contribution in [0, 0.1) is 3.57 Å². The largest absolute Gasteiger partial charge is 0.475 e. The maximum Gasteiger partial charge on any atom is 0.371 e. The Kier molecular flexibility index (Phi) is 4.36. The molecule has 6 heteroatoms. The van der Waals surface area contributed by atoms with E-state index in [1.807, 2.05) is 25.1 Å². The number of carboxylic acids is 1. The Hall–Kier alpha value is -1.21. The minimum Gasteiger partial charge on any atom is -0.475 e. The van der Waals surface area contributed by atoms with Crippen LogP contribution in [0.15, 0.2) is 34.7 Å². The van der Waals surface area contributed by atoms with Gasteiger partial charge >= 0.3 is 5.97 Å². The van der Waals surface area contributed by atoms with Crippen molar-refractivity contribution < 1.29 is 14.3 Å². The SMILES string of the molecule is CC(Nc1ccc(I)cc1Cl)c1ccc(C(=O)O)o1. The maximum atomic E-state index is 10.8. The van der Waals surface area contributed by atoms with E-state index in [0.29, 0.717) is 10.8 Å². The third kappa shape index (κ3) is 3.42. The first-order valence-electron chi connectivity index (χ1n) is 5.52. The van der Waals surface area contributed by atoms with E-state index in [9.17, 15) is 4.79 Å². The first-order valence-corrected chi connectivity index (χ1v) is 6.97. The molecular weight excluding hydrogens is 381 g/mol. The fourth-order valence-corrected chi connectivity index (χ4v) is 2.52. The Morgan fingerprint density at radius 2 is 2.16 bits per heavy atom. The summed E-state index contributed by atoms with van der Waals surface area (Å²) in [5.74, 6) is -0.602. The van der Waals surface area contributed by atoms with Crippen LogP contribution < -0.4 is 5.32 Å². The molecule has 0 aliphatic carbocycles. The number of hydrogen-bond acceptors (Lipinski definition) is 3. The first kappa shape index (κ1) is 14.2. The molecule has 2 rings (SSSR count). The predicted molar refractivity (Wildman–Crippen MR) is 81.9 cm³/mol. The summed E-state index contributed by atoms with van der Waals surface area (Å²) in [6, 6.07) is 8.56. The van der Waals surface area contributed by atoms with Gasteiger partial charge in [-0.3, -0.25) is 0 Å². The van der Waals surface area contributed by atoms with Gasteiger partial charge in [0.1, 0.15) is 5.76 Å². The topological polar surface area (TPSA) is 62.5 Å². The fraction of sp³-hybridized carbons (Fsp3) is 0.154. The van der Waals surface area contributed by atoms with Crippen molar-refractivity contribution in [2.24, 2.45) is 0 Å². The lowest BCUT2D eigenvalue weighted by Gasteiger charge is -2.14. The van der Waals surface area contributed by atoms with Gasteiger partial charge in [0, 0.05) is 3.57 Å². The van der Waals surface area contributed by atoms with E-state index < -0.39 is 5.97 Å². The summed E-state index contributed by atoms with van der Waals surface area (Å²) in [6.07, 6.45) is 0. The monoisotopic (exact) mass is 391 g/mol. The predicted octanol–water partition coefficient (Wildman–Crippen LogP) is 4.41. The quantitative estimate of drug-likeness (QED) is 0.758. The van der Waals surface area contributed by atoms with Gasteiger partial charge in [0.15, 0.2) is 0 Å². The van der Waals surface area contributed by atoms with E-state index in [-0.39, 0.29) is 11.8 Å². The van der Waals surface area contributed by atoms with Gasteiger partial charge in [-0.1, -0.05) is 11.6 Å². The van der Waals surface area contributed by atoms with E-state index in [0.717, 1.165) is 9.26 Å². The summed E-state index contributed by atoms with van der Waals surface area (Å²) < 4.78 is 6.28. The van der Waals surface area contributed by atoms with E-state index in [2.05, 4.69) is 27.9 Å². The van der Waals surface area contributed by atoms with Crippen LogP contribution in [0.25, 0.3) is 0 Å². The van der Waals surface area contributed by atoms with Crippen molar-refractivity contribution in [1.82, 2.24) is 0 Å². The highest BCUT2D eigenvalue weighted by Crippen LogP contribution is 2.28. The summed E-state index contributed by atoms with van der Waals surface area (Å²) in [5.41, 5.74) is 0.780. The lowest BCUT2D eigenvalue weighted by Crippen LogP contribution is -2.06. The summed E-state index contributed by atoms with van der Waals surface area (Å²) in [4.78, 5) is 10.8. The fourth-order valence-electron chi connectivity index (χ4n) is 1.61. The second kappa shape index (κ2) is 5.83. The lowest BCUT2D eigenvalue weighted by atomic mass is 10.2. The van der Waals surface area contributed by atoms with Crippen molar-refractivity contribution in [2.45, 2.75) is 13.0 Å². The number of carboxylic acid groups (broad SMARTS) is 1. The molecule has 2 aromatic rings. The molecule has 100 valence electrons.